The number of aromatic hydroxyl groups is 1. The highest BCUT2D eigenvalue weighted by Crippen LogP contribution is 2.26. The maximum Gasteiger partial charge on any atom is 0.259 e. The summed E-state index contributed by atoms with van der Waals surface area (Å²) in [7, 11) is 1.67. The molecule has 5 nitrogen and oxygen atoms in total. The van der Waals surface area contributed by atoms with Crippen molar-refractivity contribution in [1.29, 1.82) is 0 Å². The van der Waals surface area contributed by atoms with Crippen LogP contribution in [0.5, 0.6) is 5.75 Å². The first-order valence-corrected chi connectivity index (χ1v) is 13.7. The Morgan fingerprint density at radius 2 is 2.00 bits per heavy atom. The third kappa shape index (κ3) is 10.2. The van der Waals surface area contributed by atoms with Gasteiger partial charge >= 0.3 is 0 Å². The molecule has 0 atom stereocenters. The molecule has 1 aromatic carbocycles. The zero-order valence-corrected chi connectivity index (χ0v) is 24.2. The molecule has 3 rings (SSSR count). The molecule has 0 heterocycles. The van der Waals surface area contributed by atoms with Crippen molar-refractivity contribution in [3.8, 4) is 5.75 Å². The molecule has 1 aromatic rings. The van der Waals surface area contributed by atoms with Crippen molar-refractivity contribution < 1.29 is 19.4 Å². The molecule has 0 saturated heterocycles. The molecular weight excluding hydrogens is 510 g/mol. The van der Waals surface area contributed by atoms with Crippen molar-refractivity contribution in [3.05, 3.63) is 118 Å². The van der Waals surface area contributed by atoms with E-state index < -0.39 is 0 Å². The molecule has 6 heteroatoms. The number of methoxy groups -OCH3 is 1. The molecule has 0 saturated carbocycles. The SMILES string of the molecule is C=C/C=C(\C=C(/C)Cl)c1ccc(O)c(C(=O)NC2=CC(OCCC3=C(OC)C=CCC=C3)=CCCC2)c1.CC. The zero-order chi connectivity index (χ0) is 28.6. The summed E-state index contributed by atoms with van der Waals surface area (Å²) >= 11 is 6.07. The Balaban J connectivity index is 0.00000260. The van der Waals surface area contributed by atoms with Gasteiger partial charge in [-0.1, -0.05) is 68.5 Å². The highest BCUT2D eigenvalue weighted by molar-refractivity contribution is 6.29. The monoisotopic (exact) mass is 549 g/mol. The van der Waals surface area contributed by atoms with E-state index in [1.165, 1.54) is 6.07 Å². The summed E-state index contributed by atoms with van der Waals surface area (Å²) < 4.78 is 11.5. The molecule has 1 amide bonds. The van der Waals surface area contributed by atoms with Gasteiger partial charge in [-0.15, -0.1) is 0 Å². The minimum Gasteiger partial charge on any atom is -0.507 e. The molecule has 2 N–H and O–H groups in total. The fourth-order valence-electron chi connectivity index (χ4n) is 4.06. The standard InChI is InChI=1S/C31H34ClNO4.C2H6/c1-4-10-24(19-22(2)32)25-15-16-29(34)28(20-25)31(35)33-26-12-8-9-13-27(21-26)37-18-17-23-11-6-5-7-14-30(23)36-3;1-2/h4,6-7,10-11,13-16,19-21,34H,1,5,8-9,12,17-18H2,2-3H3,(H,33,35);1-2H3/b22-19+,24-10+;. The van der Waals surface area contributed by atoms with Gasteiger partial charge in [0.05, 0.1) is 19.3 Å². The number of hydrogen-bond donors (Lipinski definition) is 2. The van der Waals surface area contributed by atoms with Gasteiger partial charge in [-0.3, -0.25) is 4.79 Å². The van der Waals surface area contributed by atoms with Gasteiger partial charge in [0.15, 0.2) is 0 Å². The van der Waals surface area contributed by atoms with Crippen molar-refractivity contribution in [2.24, 2.45) is 0 Å². The van der Waals surface area contributed by atoms with Gasteiger partial charge in [0.1, 0.15) is 17.3 Å². The first kappa shape index (κ1) is 31.5. The van der Waals surface area contributed by atoms with E-state index in [-0.39, 0.29) is 17.2 Å². The summed E-state index contributed by atoms with van der Waals surface area (Å²) in [4.78, 5) is 13.1. The fourth-order valence-corrected chi connectivity index (χ4v) is 4.17. The number of ether oxygens (including phenoxy) is 2. The van der Waals surface area contributed by atoms with Crippen LogP contribution in [-0.2, 0) is 9.47 Å². The van der Waals surface area contributed by atoms with Crippen LogP contribution >= 0.6 is 11.6 Å². The van der Waals surface area contributed by atoms with Crippen LogP contribution in [0.25, 0.3) is 5.57 Å². The third-order valence-electron chi connectivity index (χ3n) is 5.85. The summed E-state index contributed by atoms with van der Waals surface area (Å²) in [6, 6.07) is 4.90. The highest BCUT2D eigenvalue weighted by Gasteiger charge is 2.16. The Morgan fingerprint density at radius 3 is 2.72 bits per heavy atom. The number of rotatable bonds is 10. The quantitative estimate of drug-likeness (QED) is 0.286. The van der Waals surface area contributed by atoms with Crippen molar-refractivity contribution >= 4 is 23.1 Å². The molecule has 2 aliphatic carbocycles. The molecule has 208 valence electrons. The van der Waals surface area contributed by atoms with E-state index >= 15 is 0 Å². The number of halogens is 1. The van der Waals surface area contributed by atoms with E-state index in [4.69, 9.17) is 21.1 Å². The van der Waals surface area contributed by atoms with Crippen molar-refractivity contribution in [2.45, 2.75) is 52.9 Å². The van der Waals surface area contributed by atoms with Gasteiger partial charge in [-0.25, -0.2) is 0 Å². The van der Waals surface area contributed by atoms with Crippen LogP contribution < -0.4 is 5.32 Å². The number of benzene rings is 1. The number of phenolic OH excluding ortho intramolecular Hbond substituents is 1. The van der Waals surface area contributed by atoms with Gasteiger partial charge in [-0.2, -0.15) is 0 Å². The smallest absolute Gasteiger partial charge is 0.259 e. The largest absolute Gasteiger partial charge is 0.507 e. The number of carbonyl (C=O) groups is 1. The average molecular weight is 550 g/mol. The maximum atomic E-state index is 13.1. The second-order valence-electron chi connectivity index (χ2n) is 8.68. The van der Waals surface area contributed by atoms with E-state index in [0.717, 1.165) is 53.2 Å². The fraction of sp³-hybridized carbons (Fsp3) is 0.303. The molecule has 39 heavy (non-hydrogen) atoms. The van der Waals surface area contributed by atoms with Crippen LogP contribution in [0.1, 0.15) is 68.8 Å². The first-order valence-electron chi connectivity index (χ1n) is 13.4. The second-order valence-corrected chi connectivity index (χ2v) is 9.27. The number of phenols is 1. The first-order chi connectivity index (χ1) is 18.9. The summed E-state index contributed by atoms with van der Waals surface area (Å²) in [5.41, 5.74) is 3.54. The van der Waals surface area contributed by atoms with Gasteiger partial charge in [0.2, 0.25) is 0 Å². The van der Waals surface area contributed by atoms with Gasteiger partial charge < -0.3 is 19.9 Å². The molecule has 0 fully saturated rings. The van der Waals surface area contributed by atoms with Crippen LogP contribution in [-0.4, -0.2) is 24.7 Å². The predicted octanol–water partition coefficient (Wildman–Crippen LogP) is 8.64. The van der Waals surface area contributed by atoms with Gasteiger partial charge in [0, 0.05) is 17.2 Å². The summed E-state index contributed by atoms with van der Waals surface area (Å²) in [5.74, 6) is 1.08. The second kappa shape index (κ2) is 17.0. The minimum absolute atomic E-state index is 0.0975. The molecule has 0 spiro atoms. The molecule has 0 unspecified atom stereocenters. The van der Waals surface area contributed by atoms with E-state index in [9.17, 15) is 9.90 Å². The summed E-state index contributed by atoms with van der Waals surface area (Å²) in [5, 5.41) is 14.0. The third-order valence-corrected chi connectivity index (χ3v) is 5.96. The number of carbonyl (C=O) groups excluding carboxylic acids is 1. The molecule has 0 aromatic heterocycles. The van der Waals surface area contributed by atoms with E-state index in [1.807, 2.05) is 32.1 Å². The van der Waals surface area contributed by atoms with Gasteiger partial charge in [0.25, 0.3) is 5.91 Å². The lowest BCUT2D eigenvalue weighted by Gasteiger charge is -2.13. The normalized spacial score (nSPS) is 15.7. The molecule has 0 aliphatic heterocycles. The predicted molar refractivity (Wildman–Crippen MR) is 162 cm³/mol. The number of hydrogen-bond acceptors (Lipinski definition) is 4. The molecular formula is C33H40ClNO4. The van der Waals surface area contributed by atoms with Crippen LogP contribution in [0.2, 0.25) is 0 Å². The number of allylic oxidation sites excluding steroid dienone is 12. The van der Waals surface area contributed by atoms with Crippen molar-refractivity contribution in [3.63, 3.8) is 0 Å². The van der Waals surface area contributed by atoms with E-state index in [1.54, 1.807) is 44.4 Å². The van der Waals surface area contributed by atoms with Crippen molar-refractivity contribution in [2.75, 3.05) is 13.7 Å². The Labute approximate surface area is 238 Å². The van der Waals surface area contributed by atoms with E-state index in [0.29, 0.717) is 24.5 Å². The Kier molecular flexibility index (Phi) is 13.7. The Hall–Kier alpha value is -3.70. The summed E-state index contributed by atoms with van der Waals surface area (Å²) in [6.07, 6.45) is 21.4. The lowest BCUT2D eigenvalue weighted by molar-refractivity contribution is 0.0961. The van der Waals surface area contributed by atoms with Crippen LogP contribution in [0.3, 0.4) is 0 Å². The highest BCUT2D eigenvalue weighted by atomic mass is 35.5. The topological polar surface area (TPSA) is 67.8 Å². The Morgan fingerprint density at radius 1 is 1.23 bits per heavy atom. The molecule has 0 bridgehead atoms. The summed E-state index contributed by atoms with van der Waals surface area (Å²) in [6.45, 7) is 10.0. The van der Waals surface area contributed by atoms with Crippen LogP contribution in [0.15, 0.2) is 107 Å². The molecule has 2 aliphatic rings. The van der Waals surface area contributed by atoms with Crippen LogP contribution in [0.4, 0.5) is 0 Å². The zero-order valence-electron chi connectivity index (χ0n) is 23.4. The van der Waals surface area contributed by atoms with Crippen molar-refractivity contribution in [1.82, 2.24) is 5.32 Å². The average Bonchev–Trinajstić information content (AvgIpc) is 3.29. The minimum atomic E-state index is -0.387. The molecule has 0 radical (unpaired) electrons. The number of nitrogens with one attached hydrogen (secondary N) is 1. The lowest BCUT2D eigenvalue weighted by atomic mass is 10.0. The van der Waals surface area contributed by atoms with Crippen LogP contribution in [0, 0.1) is 0 Å². The van der Waals surface area contributed by atoms with E-state index in [2.05, 4.69) is 30.1 Å². The lowest BCUT2D eigenvalue weighted by Crippen LogP contribution is -2.23. The Bertz CT molecular complexity index is 1220. The van der Waals surface area contributed by atoms with Gasteiger partial charge in [-0.05, 0) is 85.8 Å². The maximum absolute atomic E-state index is 13.1. The number of amides is 1.